The number of ether oxygens (including phenoxy) is 1. The minimum absolute atomic E-state index is 0.154. The number of aromatic nitrogens is 1. The van der Waals surface area contributed by atoms with Crippen LogP contribution in [0.4, 0.5) is 5.69 Å². The van der Waals surface area contributed by atoms with Gasteiger partial charge in [0.05, 0.1) is 6.04 Å². The lowest BCUT2D eigenvalue weighted by Crippen LogP contribution is -2.38. The smallest absolute Gasteiger partial charge is 0.173 e. The van der Waals surface area contributed by atoms with E-state index in [1.807, 2.05) is 24.5 Å². The van der Waals surface area contributed by atoms with Crippen molar-refractivity contribution in [1.82, 2.24) is 9.88 Å². The van der Waals surface area contributed by atoms with Crippen molar-refractivity contribution in [2.24, 2.45) is 0 Å². The van der Waals surface area contributed by atoms with Gasteiger partial charge in [0.15, 0.2) is 5.11 Å². The van der Waals surface area contributed by atoms with Crippen molar-refractivity contribution in [2.75, 3.05) is 25.6 Å². The van der Waals surface area contributed by atoms with Crippen LogP contribution in [0.1, 0.15) is 41.6 Å². The molecule has 0 unspecified atom stereocenters. The first-order valence-corrected chi connectivity index (χ1v) is 9.39. The van der Waals surface area contributed by atoms with Crippen LogP contribution < -0.4 is 5.32 Å². The zero-order chi connectivity index (χ0) is 19.1. The van der Waals surface area contributed by atoms with E-state index in [2.05, 4.69) is 55.0 Å². The lowest BCUT2D eigenvalue weighted by Gasteiger charge is -2.33. The molecule has 0 aliphatic carbocycles. The number of hydrogen-bond acceptors (Lipinski definition) is 3. The van der Waals surface area contributed by atoms with Crippen LogP contribution in [-0.4, -0.2) is 35.3 Å². The molecule has 0 spiro atoms. The highest BCUT2D eigenvalue weighted by Gasteiger charge is 2.19. The highest BCUT2D eigenvalue weighted by molar-refractivity contribution is 7.80. The minimum atomic E-state index is 0.154. The molecule has 2 aromatic rings. The maximum Gasteiger partial charge on any atom is 0.173 e. The molecule has 0 fully saturated rings. The molecule has 1 aromatic carbocycles. The lowest BCUT2D eigenvalue weighted by atomic mass is 10.1. The summed E-state index contributed by atoms with van der Waals surface area (Å²) in [5, 5.41) is 4.22. The maximum absolute atomic E-state index is 5.79. The van der Waals surface area contributed by atoms with Gasteiger partial charge in [0.1, 0.15) is 0 Å². The minimum Gasteiger partial charge on any atom is -0.385 e. The van der Waals surface area contributed by atoms with Crippen molar-refractivity contribution >= 4 is 23.0 Å². The van der Waals surface area contributed by atoms with E-state index < -0.39 is 0 Å². The van der Waals surface area contributed by atoms with Gasteiger partial charge in [-0.3, -0.25) is 4.98 Å². The van der Waals surface area contributed by atoms with Gasteiger partial charge < -0.3 is 15.0 Å². The molecule has 26 heavy (non-hydrogen) atoms. The molecule has 1 heterocycles. The second-order valence-electron chi connectivity index (χ2n) is 6.70. The van der Waals surface area contributed by atoms with Crippen molar-refractivity contribution in [2.45, 2.75) is 40.2 Å². The van der Waals surface area contributed by atoms with Crippen molar-refractivity contribution in [3.63, 3.8) is 0 Å². The van der Waals surface area contributed by atoms with Crippen LogP contribution in [0.25, 0.3) is 0 Å². The first kappa shape index (κ1) is 20.3. The molecule has 0 bridgehead atoms. The van der Waals surface area contributed by atoms with Crippen molar-refractivity contribution < 1.29 is 4.74 Å². The summed E-state index contributed by atoms with van der Waals surface area (Å²) in [5.74, 6) is 0. The van der Waals surface area contributed by atoms with Gasteiger partial charge in [0.25, 0.3) is 0 Å². The number of methoxy groups -OCH3 is 1. The molecule has 140 valence electrons. The standard InChI is InChI=1S/C21H29N3OS/c1-15-13-16(2)20(17(3)14-15)23-21(26)24(11-6-12-25-5)18(4)19-7-9-22-10-8-19/h7-10,13-14,18H,6,11-12H2,1-5H3,(H,23,26)/t18-/m1/s1. The fraction of sp³-hybridized carbons (Fsp3) is 0.429. The summed E-state index contributed by atoms with van der Waals surface area (Å²) in [5.41, 5.74) is 5.97. The Labute approximate surface area is 162 Å². The van der Waals surface area contributed by atoms with Gasteiger partial charge in [0.2, 0.25) is 0 Å². The van der Waals surface area contributed by atoms with E-state index in [1.54, 1.807) is 7.11 Å². The predicted molar refractivity (Wildman–Crippen MR) is 113 cm³/mol. The van der Waals surface area contributed by atoms with E-state index in [-0.39, 0.29) is 6.04 Å². The first-order chi connectivity index (χ1) is 12.4. The maximum atomic E-state index is 5.79. The zero-order valence-corrected chi connectivity index (χ0v) is 17.2. The van der Waals surface area contributed by atoms with Gasteiger partial charge in [-0.15, -0.1) is 0 Å². The Bertz CT molecular complexity index is 710. The normalized spacial score (nSPS) is 11.9. The lowest BCUT2D eigenvalue weighted by molar-refractivity contribution is 0.181. The van der Waals surface area contributed by atoms with Crippen LogP contribution in [0.2, 0.25) is 0 Å². The summed E-state index contributed by atoms with van der Waals surface area (Å²) in [4.78, 5) is 6.34. The van der Waals surface area contributed by atoms with E-state index in [0.717, 1.165) is 23.8 Å². The Morgan fingerprint density at radius 1 is 1.19 bits per heavy atom. The van der Waals surface area contributed by atoms with Crippen LogP contribution in [-0.2, 0) is 4.74 Å². The number of hydrogen-bond donors (Lipinski definition) is 1. The molecule has 5 heteroatoms. The summed E-state index contributed by atoms with van der Waals surface area (Å²) in [6, 6.07) is 8.60. The third-order valence-corrected chi connectivity index (χ3v) is 4.91. The van der Waals surface area contributed by atoms with Crippen LogP contribution in [0.15, 0.2) is 36.7 Å². The SMILES string of the molecule is COCCCN(C(=S)Nc1c(C)cc(C)cc1C)[C@H](C)c1ccncc1. The van der Waals surface area contributed by atoms with E-state index in [0.29, 0.717) is 6.61 Å². The summed E-state index contributed by atoms with van der Waals surface area (Å²) in [6.45, 7) is 10.1. The van der Waals surface area contributed by atoms with Crippen LogP contribution in [0.3, 0.4) is 0 Å². The zero-order valence-electron chi connectivity index (χ0n) is 16.4. The highest BCUT2D eigenvalue weighted by atomic mass is 32.1. The van der Waals surface area contributed by atoms with Crippen LogP contribution in [0.5, 0.6) is 0 Å². The fourth-order valence-electron chi connectivity index (χ4n) is 3.23. The Balaban J connectivity index is 2.23. The average Bonchev–Trinajstić information content (AvgIpc) is 2.62. The Morgan fingerprint density at radius 2 is 1.81 bits per heavy atom. The summed E-state index contributed by atoms with van der Waals surface area (Å²) in [6.07, 6.45) is 4.56. The third kappa shape index (κ3) is 5.26. The number of rotatable bonds is 7. The molecule has 0 saturated carbocycles. The first-order valence-electron chi connectivity index (χ1n) is 8.98. The largest absolute Gasteiger partial charge is 0.385 e. The summed E-state index contributed by atoms with van der Waals surface area (Å²) < 4.78 is 5.23. The number of pyridine rings is 1. The molecule has 0 amide bonds. The third-order valence-electron chi connectivity index (χ3n) is 4.57. The number of benzene rings is 1. The molecule has 1 aromatic heterocycles. The molecular formula is C21H29N3OS. The van der Waals surface area contributed by atoms with Crippen LogP contribution >= 0.6 is 12.2 Å². The molecule has 1 atom stereocenters. The van der Waals surface area contributed by atoms with E-state index in [4.69, 9.17) is 17.0 Å². The van der Waals surface area contributed by atoms with E-state index in [9.17, 15) is 0 Å². The molecular weight excluding hydrogens is 342 g/mol. The molecule has 0 aliphatic heterocycles. The van der Waals surface area contributed by atoms with Gasteiger partial charge in [-0.2, -0.15) is 0 Å². The van der Waals surface area contributed by atoms with Crippen molar-refractivity contribution in [3.05, 3.63) is 58.9 Å². The second kappa shape index (κ2) is 9.64. The Hall–Kier alpha value is -1.98. The quantitative estimate of drug-likeness (QED) is 0.559. The monoisotopic (exact) mass is 371 g/mol. The fourth-order valence-corrected chi connectivity index (χ4v) is 3.58. The molecule has 0 radical (unpaired) electrons. The molecule has 1 N–H and O–H groups in total. The molecule has 2 rings (SSSR count). The summed E-state index contributed by atoms with van der Waals surface area (Å²) >= 11 is 5.79. The van der Waals surface area contributed by atoms with Crippen molar-refractivity contribution in [3.8, 4) is 0 Å². The van der Waals surface area contributed by atoms with Crippen LogP contribution in [0, 0.1) is 20.8 Å². The number of anilines is 1. The number of thiocarbonyl (C=S) groups is 1. The van der Waals surface area contributed by atoms with Crippen molar-refractivity contribution in [1.29, 1.82) is 0 Å². The van der Waals surface area contributed by atoms with Gasteiger partial charge in [-0.05, 0) is 75.2 Å². The molecule has 0 saturated heterocycles. The van der Waals surface area contributed by atoms with Gasteiger partial charge in [0, 0.05) is 38.3 Å². The Kier molecular flexibility index (Phi) is 7.54. The van der Waals surface area contributed by atoms with E-state index >= 15 is 0 Å². The summed E-state index contributed by atoms with van der Waals surface area (Å²) in [7, 11) is 1.73. The van der Waals surface area contributed by atoms with Gasteiger partial charge >= 0.3 is 0 Å². The number of nitrogens with zero attached hydrogens (tertiary/aromatic N) is 2. The Morgan fingerprint density at radius 3 is 2.38 bits per heavy atom. The average molecular weight is 372 g/mol. The molecule has 4 nitrogen and oxygen atoms in total. The van der Waals surface area contributed by atoms with Gasteiger partial charge in [-0.25, -0.2) is 0 Å². The highest BCUT2D eigenvalue weighted by Crippen LogP contribution is 2.25. The second-order valence-corrected chi connectivity index (χ2v) is 7.09. The number of aryl methyl sites for hydroxylation is 3. The van der Waals surface area contributed by atoms with Gasteiger partial charge in [-0.1, -0.05) is 17.7 Å². The number of nitrogens with one attached hydrogen (secondary N) is 1. The van der Waals surface area contributed by atoms with E-state index in [1.165, 1.54) is 22.3 Å². The topological polar surface area (TPSA) is 37.4 Å². The predicted octanol–water partition coefficient (Wildman–Crippen LogP) is 4.80. The molecule has 0 aliphatic rings.